The minimum atomic E-state index is 0.809. The van der Waals surface area contributed by atoms with E-state index in [4.69, 9.17) is 0 Å². The first-order valence-electron chi connectivity index (χ1n) is 5.47. The number of nitrogens with zero attached hydrogens (tertiary/aromatic N) is 1. The third kappa shape index (κ3) is 2.48. The van der Waals surface area contributed by atoms with E-state index in [1.54, 1.807) is 0 Å². The average Bonchev–Trinajstić information content (AvgIpc) is 2.20. The largest absolute Gasteiger partial charge is 0.301 e. The minimum Gasteiger partial charge on any atom is -0.301 e. The molecule has 0 saturated carbocycles. The molecule has 1 unspecified atom stereocenters. The van der Waals surface area contributed by atoms with Crippen molar-refractivity contribution in [2.45, 2.75) is 64.5 Å². The normalized spacial score (nSPS) is 33.2. The van der Waals surface area contributed by atoms with Crippen molar-refractivity contribution in [3.05, 3.63) is 0 Å². The van der Waals surface area contributed by atoms with E-state index in [0.717, 1.165) is 12.1 Å². The van der Waals surface area contributed by atoms with Gasteiger partial charge in [-0.25, -0.2) is 0 Å². The second-order valence-electron chi connectivity index (χ2n) is 4.24. The van der Waals surface area contributed by atoms with Crippen molar-refractivity contribution in [1.82, 2.24) is 4.90 Å². The molecular weight excluding hydrogens is 146 g/mol. The van der Waals surface area contributed by atoms with E-state index in [1.165, 1.54) is 38.5 Å². The van der Waals surface area contributed by atoms with Crippen LogP contribution in [0, 0.1) is 0 Å². The van der Waals surface area contributed by atoms with E-state index >= 15 is 0 Å². The summed E-state index contributed by atoms with van der Waals surface area (Å²) in [6, 6.07) is 1.68. The Kier molecular flexibility index (Phi) is 4.07. The van der Waals surface area contributed by atoms with Gasteiger partial charge in [-0.15, -0.1) is 0 Å². The Morgan fingerprint density at radius 1 is 1.25 bits per heavy atom. The van der Waals surface area contributed by atoms with Crippen molar-refractivity contribution < 1.29 is 0 Å². The fourth-order valence-electron chi connectivity index (χ4n) is 2.27. The van der Waals surface area contributed by atoms with Gasteiger partial charge in [0.25, 0.3) is 0 Å². The van der Waals surface area contributed by atoms with Gasteiger partial charge in [0.1, 0.15) is 0 Å². The summed E-state index contributed by atoms with van der Waals surface area (Å²) in [6.07, 6.45) is 8.43. The van der Waals surface area contributed by atoms with Gasteiger partial charge in [-0.05, 0) is 33.2 Å². The van der Waals surface area contributed by atoms with Crippen LogP contribution in [-0.4, -0.2) is 24.0 Å². The van der Waals surface area contributed by atoms with Gasteiger partial charge in [-0.1, -0.05) is 26.2 Å². The van der Waals surface area contributed by atoms with Crippen LogP contribution in [0.1, 0.15) is 52.4 Å². The average molecular weight is 169 g/mol. The van der Waals surface area contributed by atoms with Crippen molar-refractivity contribution in [1.29, 1.82) is 0 Å². The lowest BCUT2D eigenvalue weighted by molar-refractivity contribution is 0.176. The Morgan fingerprint density at radius 2 is 1.92 bits per heavy atom. The Morgan fingerprint density at radius 3 is 2.58 bits per heavy atom. The van der Waals surface area contributed by atoms with Gasteiger partial charge < -0.3 is 4.90 Å². The van der Waals surface area contributed by atoms with Crippen molar-refractivity contribution >= 4 is 0 Å². The van der Waals surface area contributed by atoms with Crippen molar-refractivity contribution in [2.24, 2.45) is 0 Å². The molecule has 72 valence electrons. The first kappa shape index (κ1) is 10.0. The highest BCUT2D eigenvalue weighted by atomic mass is 15.2. The molecule has 0 spiro atoms. The van der Waals surface area contributed by atoms with Crippen LogP contribution in [-0.2, 0) is 0 Å². The summed E-state index contributed by atoms with van der Waals surface area (Å²) in [5.41, 5.74) is 0. The highest BCUT2D eigenvalue weighted by molar-refractivity contribution is 4.77. The van der Waals surface area contributed by atoms with Crippen LogP contribution in [0.15, 0.2) is 0 Å². The zero-order valence-corrected chi connectivity index (χ0v) is 8.84. The van der Waals surface area contributed by atoms with Crippen LogP contribution >= 0.6 is 0 Å². The third-order valence-corrected chi connectivity index (χ3v) is 3.30. The first-order valence-corrected chi connectivity index (χ1v) is 5.47. The first-order chi connectivity index (χ1) is 5.75. The fraction of sp³-hybridized carbons (Fsp3) is 1.00. The SMILES string of the molecule is CCCC1CCCC[C@@H](C)N1C. The summed E-state index contributed by atoms with van der Waals surface area (Å²) >= 11 is 0. The summed E-state index contributed by atoms with van der Waals surface area (Å²) < 4.78 is 0. The quantitative estimate of drug-likeness (QED) is 0.614. The van der Waals surface area contributed by atoms with Gasteiger partial charge in [-0.2, -0.15) is 0 Å². The topological polar surface area (TPSA) is 3.24 Å². The maximum absolute atomic E-state index is 2.59. The predicted molar refractivity (Wildman–Crippen MR) is 54.4 cm³/mol. The van der Waals surface area contributed by atoms with Crippen LogP contribution in [0.4, 0.5) is 0 Å². The van der Waals surface area contributed by atoms with Crippen LogP contribution in [0.2, 0.25) is 0 Å². The Hall–Kier alpha value is -0.0400. The monoisotopic (exact) mass is 169 g/mol. The molecule has 0 aromatic heterocycles. The molecule has 0 amide bonds. The molecule has 0 bridgehead atoms. The van der Waals surface area contributed by atoms with E-state index in [-0.39, 0.29) is 0 Å². The lowest BCUT2D eigenvalue weighted by Gasteiger charge is -2.30. The summed E-state index contributed by atoms with van der Waals surface area (Å²) in [7, 11) is 2.30. The molecule has 0 N–H and O–H groups in total. The zero-order chi connectivity index (χ0) is 8.97. The Bertz CT molecular complexity index is 122. The van der Waals surface area contributed by atoms with Gasteiger partial charge in [0.05, 0.1) is 0 Å². The lowest BCUT2D eigenvalue weighted by Crippen LogP contribution is -2.36. The van der Waals surface area contributed by atoms with Crippen LogP contribution in [0.3, 0.4) is 0 Å². The smallest absolute Gasteiger partial charge is 0.00949 e. The zero-order valence-electron chi connectivity index (χ0n) is 8.84. The number of rotatable bonds is 2. The molecule has 1 nitrogen and oxygen atoms in total. The van der Waals surface area contributed by atoms with Crippen LogP contribution < -0.4 is 0 Å². The number of likely N-dealkylation sites (tertiary alicyclic amines) is 1. The molecule has 1 aliphatic heterocycles. The molecule has 1 saturated heterocycles. The molecule has 2 atom stereocenters. The molecule has 1 heteroatoms. The highest BCUT2D eigenvalue weighted by Crippen LogP contribution is 2.22. The second kappa shape index (κ2) is 4.86. The second-order valence-corrected chi connectivity index (χ2v) is 4.24. The summed E-state index contributed by atoms with van der Waals surface area (Å²) in [5.74, 6) is 0. The lowest BCUT2D eigenvalue weighted by atomic mass is 10.1. The van der Waals surface area contributed by atoms with Crippen molar-refractivity contribution in [3.63, 3.8) is 0 Å². The maximum atomic E-state index is 2.59. The molecule has 12 heavy (non-hydrogen) atoms. The molecular formula is C11H23N. The van der Waals surface area contributed by atoms with Gasteiger partial charge in [0, 0.05) is 12.1 Å². The van der Waals surface area contributed by atoms with E-state index < -0.39 is 0 Å². The molecule has 1 fully saturated rings. The van der Waals surface area contributed by atoms with Gasteiger partial charge in [0.15, 0.2) is 0 Å². The van der Waals surface area contributed by atoms with Gasteiger partial charge in [0.2, 0.25) is 0 Å². The minimum absolute atomic E-state index is 0.809. The molecule has 1 heterocycles. The molecule has 1 rings (SSSR count). The number of hydrogen-bond donors (Lipinski definition) is 0. The van der Waals surface area contributed by atoms with Gasteiger partial charge >= 0.3 is 0 Å². The van der Waals surface area contributed by atoms with Gasteiger partial charge in [-0.3, -0.25) is 0 Å². The van der Waals surface area contributed by atoms with Crippen LogP contribution in [0.5, 0.6) is 0 Å². The predicted octanol–water partition coefficient (Wildman–Crippen LogP) is 3.05. The summed E-state index contributed by atoms with van der Waals surface area (Å²) in [4.78, 5) is 2.59. The standard InChI is InChI=1S/C11H23N/c1-4-7-11-9-6-5-8-10(2)12(11)3/h10-11H,4-9H2,1-3H3/t10-,11?/m1/s1. The third-order valence-electron chi connectivity index (χ3n) is 3.30. The molecule has 0 aliphatic carbocycles. The van der Waals surface area contributed by atoms with E-state index in [0.29, 0.717) is 0 Å². The van der Waals surface area contributed by atoms with E-state index in [9.17, 15) is 0 Å². The van der Waals surface area contributed by atoms with E-state index in [1.807, 2.05) is 0 Å². The van der Waals surface area contributed by atoms with Crippen LogP contribution in [0.25, 0.3) is 0 Å². The van der Waals surface area contributed by atoms with E-state index in [2.05, 4.69) is 25.8 Å². The number of hydrogen-bond acceptors (Lipinski definition) is 1. The molecule has 0 radical (unpaired) electrons. The van der Waals surface area contributed by atoms with Crippen molar-refractivity contribution in [3.8, 4) is 0 Å². The highest BCUT2D eigenvalue weighted by Gasteiger charge is 2.21. The molecule has 0 aromatic rings. The van der Waals surface area contributed by atoms with Crippen molar-refractivity contribution in [2.75, 3.05) is 7.05 Å². The summed E-state index contributed by atoms with van der Waals surface area (Å²) in [5, 5.41) is 0. The molecule has 0 aromatic carbocycles. The molecule has 1 aliphatic rings. The Labute approximate surface area is 77.1 Å². The fourth-order valence-corrected chi connectivity index (χ4v) is 2.27. The Balaban J connectivity index is 2.46. The summed E-state index contributed by atoms with van der Waals surface area (Å²) in [6.45, 7) is 4.66. The maximum Gasteiger partial charge on any atom is 0.00949 e.